The van der Waals surface area contributed by atoms with Crippen molar-refractivity contribution in [2.75, 3.05) is 22.8 Å². The van der Waals surface area contributed by atoms with Crippen LogP contribution in [0.4, 0.5) is 17.5 Å². The lowest BCUT2D eigenvalue weighted by molar-refractivity contribution is 0.281. The third-order valence-electron chi connectivity index (χ3n) is 3.84. The Hall–Kier alpha value is -3.28. The highest BCUT2D eigenvalue weighted by Crippen LogP contribution is 2.22. The van der Waals surface area contributed by atoms with E-state index in [-0.39, 0.29) is 17.5 Å². The maximum absolute atomic E-state index is 11.1. The summed E-state index contributed by atoms with van der Waals surface area (Å²) in [6, 6.07) is 10.7. The molecule has 152 valence electrons. The molecule has 1 atom stereocenters. The van der Waals surface area contributed by atoms with Gasteiger partial charge in [0.15, 0.2) is 5.82 Å². The molecular weight excluding hydrogens is 396 g/mol. The molecule has 0 fully saturated rings. The molecule has 0 aliphatic carbocycles. The summed E-state index contributed by atoms with van der Waals surface area (Å²) in [5.41, 5.74) is 7.87. The quantitative estimate of drug-likeness (QED) is 0.273. The van der Waals surface area contributed by atoms with Gasteiger partial charge in [0.05, 0.1) is 22.9 Å². The second-order valence-corrected chi connectivity index (χ2v) is 7.60. The first-order chi connectivity index (χ1) is 13.8. The molecular formula is C18H20N6O4S. The second-order valence-electron chi connectivity index (χ2n) is 6.18. The third kappa shape index (κ3) is 5.60. The molecule has 0 bridgehead atoms. The molecule has 2 aromatic heterocycles. The van der Waals surface area contributed by atoms with Gasteiger partial charge in [-0.05, 0) is 43.3 Å². The van der Waals surface area contributed by atoms with Crippen LogP contribution in [-0.4, -0.2) is 45.7 Å². The number of hydrazine groups is 1. The maximum atomic E-state index is 11.1. The summed E-state index contributed by atoms with van der Waals surface area (Å²) < 4.78 is 31.3. The number of benzene rings is 1. The van der Waals surface area contributed by atoms with Crippen LogP contribution >= 0.6 is 0 Å². The number of nitrogens with zero attached hydrogens (tertiary/aromatic N) is 3. The summed E-state index contributed by atoms with van der Waals surface area (Å²) in [6.07, 6.45) is 3.31. The van der Waals surface area contributed by atoms with Gasteiger partial charge < -0.3 is 10.4 Å². The van der Waals surface area contributed by atoms with Crippen molar-refractivity contribution in [1.82, 2.24) is 15.0 Å². The van der Waals surface area contributed by atoms with Crippen molar-refractivity contribution >= 4 is 27.6 Å². The van der Waals surface area contributed by atoms with E-state index in [9.17, 15) is 13.5 Å². The molecule has 0 aliphatic heterocycles. The molecule has 3 rings (SSSR count). The minimum absolute atomic E-state index is 0.0794. The Morgan fingerprint density at radius 1 is 1.03 bits per heavy atom. The van der Waals surface area contributed by atoms with Crippen molar-refractivity contribution in [2.45, 2.75) is 17.9 Å². The molecule has 29 heavy (non-hydrogen) atoms. The SMILES string of the molecule is C[C@H](CO)Nc1nc(NNc2ccc(S(=O)(=O)O)cc2)cc(-c2ccncc2)n1. The lowest BCUT2D eigenvalue weighted by Gasteiger charge is -2.15. The van der Waals surface area contributed by atoms with Gasteiger partial charge in [-0.25, -0.2) is 4.98 Å². The number of anilines is 3. The summed E-state index contributed by atoms with van der Waals surface area (Å²) >= 11 is 0. The average molecular weight is 416 g/mol. The fraction of sp³-hybridized carbons (Fsp3) is 0.167. The molecule has 0 spiro atoms. The van der Waals surface area contributed by atoms with Crippen LogP contribution in [0.5, 0.6) is 0 Å². The Morgan fingerprint density at radius 2 is 1.72 bits per heavy atom. The minimum atomic E-state index is -4.25. The molecule has 0 aliphatic rings. The molecule has 0 saturated heterocycles. The van der Waals surface area contributed by atoms with E-state index in [2.05, 4.69) is 31.1 Å². The minimum Gasteiger partial charge on any atom is -0.394 e. The number of nitrogens with one attached hydrogen (secondary N) is 3. The van der Waals surface area contributed by atoms with E-state index in [0.717, 1.165) is 5.56 Å². The smallest absolute Gasteiger partial charge is 0.294 e. The van der Waals surface area contributed by atoms with Crippen molar-refractivity contribution in [3.8, 4) is 11.3 Å². The fourth-order valence-corrected chi connectivity index (χ4v) is 2.84. The average Bonchev–Trinajstić information content (AvgIpc) is 2.72. The van der Waals surface area contributed by atoms with Gasteiger partial charge in [-0.2, -0.15) is 13.4 Å². The van der Waals surface area contributed by atoms with E-state index in [1.165, 1.54) is 24.3 Å². The summed E-state index contributed by atoms with van der Waals surface area (Å²) in [6.45, 7) is 1.72. The number of aliphatic hydroxyl groups excluding tert-OH is 1. The predicted molar refractivity (Wildman–Crippen MR) is 109 cm³/mol. The normalized spacial score (nSPS) is 12.2. The van der Waals surface area contributed by atoms with Crippen molar-refractivity contribution in [3.63, 3.8) is 0 Å². The van der Waals surface area contributed by atoms with Gasteiger partial charge >= 0.3 is 0 Å². The highest BCUT2D eigenvalue weighted by Gasteiger charge is 2.10. The van der Waals surface area contributed by atoms with E-state index >= 15 is 0 Å². The maximum Gasteiger partial charge on any atom is 0.294 e. The number of hydrogen-bond acceptors (Lipinski definition) is 9. The van der Waals surface area contributed by atoms with E-state index in [4.69, 9.17) is 4.55 Å². The second kappa shape index (κ2) is 8.82. The lowest BCUT2D eigenvalue weighted by atomic mass is 10.2. The van der Waals surface area contributed by atoms with E-state index in [1.807, 2.05) is 12.1 Å². The molecule has 11 heteroatoms. The van der Waals surface area contributed by atoms with Gasteiger partial charge in [-0.1, -0.05) is 0 Å². The predicted octanol–water partition coefficient (Wildman–Crippen LogP) is 2.02. The zero-order valence-electron chi connectivity index (χ0n) is 15.4. The highest BCUT2D eigenvalue weighted by atomic mass is 32.2. The molecule has 0 saturated carbocycles. The van der Waals surface area contributed by atoms with Gasteiger partial charge in [0, 0.05) is 30.1 Å². The van der Waals surface area contributed by atoms with Crippen LogP contribution < -0.4 is 16.2 Å². The van der Waals surface area contributed by atoms with Gasteiger partial charge in [-0.15, -0.1) is 0 Å². The molecule has 10 nitrogen and oxygen atoms in total. The van der Waals surface area contributed by atoms with Gasteiger partial charge in [0.1, 0.15) is 0 Å². The molecule has 0 radical (unpaired) electrons. The zero-order valence-corrected chi connectivity index (χ0v) is 16.3. The van der Waals surface area contributed by atoms with E-state index < -0.39 is 10.1 Å². The van der Waals surface area contributed by atoms with Crippen LogP contribution in [-0.2, 0) is 10.1 Å². The number of rotatable bonds is 8. The van der Waals surface area contributed by atoms with Gasteiger partial charge in [-0.3, -0.25) is 20.4 Å². The van der Waals surface area contributed by atoms with Crippen LogP contribution in [0, 0.1) is 0 Å². The fourth-order valence-electron chi connectivity index (χ4n) is 2.36. The van der Waals surface area contributed by atoms with E-state index in [1.54, 1.807) is 25.4 Å². The van der Waals surface area contributed by atoms with Crippen LogP contribution in [0.3, 0.4) is 0 Å². The van der Waals surface area contributed by atoms with Crippen molar-refractivity contribution in [3.05, 3.63) is 54.9 Å². The topological polar surface area (TPSA) is 149 Å². The van der Waals surface area contributed by atoms with Crippen LogP contribution in [0.15, 0.2) is 59.8 Å². The van der Waals surface area contributed by atoms with Crippen LogP contribution in [0.2, 0.25) is 0 Å². The molecule has 1 aromatic carbocycles. The Morgan fingerprint density at radius 3 is 2.34 bits per heavy atom. The molecule has 2 heterocycles. The van der Waals surface area contributed by atoms with Crippen LogP contribution in [0.25, 0.3) is 11.3 Å². The summed E-state index contributed by atoms with van der Waals surface area (Å²) in [5.74, 6) is 0.769. The molecule has 0 amide bonds. The largest absolute Gasteiger partial charge is 0.394 e. The Labute approximate surface area is 167 Å². The summed E-state index contributed by atoms with van der Waals surface area (Å²) in [4.78, 5) is 12.6. The standard InChI is InChI=1S/C18H20N6O4S/c1-12(11-25)20-18-21-16(13-6-8-19-9-7-13)10-17(22-18)24-23-14-2-4-15(5-3-14)29(26,27)28/h2-10,12,23,25H,11H2,1H3,(H,26,27,28)(H2,20,21,22,24)/t12-/m1/s1. The highest BCUT2D eigenvalue weighted by molar-refractivity contribution is 7.85. The molecule has 3 aromatic rings. The molecule has 0 unspecified atom stereocenters. The Kier molecular flexibility index (Phi) is 6.22. The molecule has 5 N–H and O–H groups in total. The van der Waals surface area contributed by atoms with E-state index in [0.29, 0.717) is 23.1 Å². The van der Waals surface area contributed by atoms with Crippen molar-refractivity contribution < 1.29 is 18.1 Å². The monoisotopic (exact) mass is 416 g/mol. The third-order valence-corrected chi connectivity index (χ3v) is 4.71. The summed E-state index contributed by atoms with van der Waals surface area (Å²) in [5, 5.41) is 12.3. The van der Waals surface area contributed by atoms with Crippen LogP contribution in [0.1, 0.15) is 6.92 Å². The van der Waals surface area contributed by atoms with Crippen molar-refractivity contribution in [2.24, 2.45) is 0 Å². The number of pyridine rings is 1. The van der Waals surface area contributed by atoms with Gasteiger partial charge in [0.2, 0.25) is 5.95 Å². The first-order valence-electron chi connectivity index (χ1n) is 8.61. The number of aromatic nitrogens is 3. The Balaban J connectivity index is 1.82. The lowest BCUT2D eigenvalue weighted by Crippen LogP contribution is -2.21. The Bertz CT molecular complexity index is 1060. The summed E-state index contributed by atoms with van der Waals surface area (Å²) in [7, 11) is -4.25. The van der Waals surface area contributed by atoms with Crippen molar-refractivity contribution in [1.29, 1.82) is 0 Å². The first-order valence-corrected chi connectivity index (χ1v) is 10.1. The number of aliphatic hydroxyl groups is 1. The number of hydrogen-bond donors (Lipinski definition) is 5. The van der Waals surface area contributed by atoms with Gasteiger partial charge in [0.25, 0.3) is 10.1 Å². The first kappa shape index (κ1) is 20.5. The zero-order chi connectivity index (χ0) is 20.9.